The van der Waals surface area contributed by atoms with Gasteiger partial charge in [0.2, 0.25) is 0 Å². The van der Waals surface area contributed by atoms with Crippen molar-refractivity contribution in [2.45, 2.75) is 6.10 Å². The largest absolute Gasteiger partial charge is 0.491 e. The number of halogens is 2. The number of hydrogen-bond donors (Lipinski definition) is 2. The maximum Gasteiger partial charge on any atom is 0.269 e. The van der Waals surface area contributed by atoms with Gasteiger partial charge in [-0.1, -0.05) is 29.3 Å². The molecule has 2 aromatic carbocycles. The summed E-state index contributed by atoms with van der Waals surface area (Å²) in [5, 5.41) is 25.0. The van der Waals surface area contributed by atoms with Gasteiger partial charge in [0.15, 0.2) is 0 Å². The first-order valence-electron chi connectivity index (χ1n) is 8.28. The van der Waals surface area contributed by atoms with E-state index in [2.05, 4.69) is 5.32 Å². The topological polar surface area (TPSA) is 87.9 Å². The molecular weight excluding hydrogens is 393 g/mol. The van der Waals surface area contributed by atoms with Crippen LogP contribution in [0.4, 0.5) is 11.4 Å². The summed E-state index contributed by atoms with van der Waals surface area (Å²) in [6, 6.07) is 11.0. The molecule has 0 aromatic heterocycles. The minimum atomic E-state index is -0.700. The molecule has 0 radical (unpaired) electrons. The molecule has 2 aromatic rings. The Balaban J connectivity index is 1.70. The van der Waals surface area contributed by atoms with Gasteiger partial charge in [0, 0.05) is 31.8 Å². The normalized spacial score (nSPS) is 12.0. The number of nitrogens with one attached hydrogen (secondary N) is 1. The third-order valence-corrected chi connectivity index (χ3v) is 4.40. The van der Waals surface area contributed by atoms with Gasteiger partial charge in [-0.2, -0.15) is 0 Å². The van der Waals surface area contributed by atoms with E-state index in [1.165, 1.54) is 24.3 Å². The highest BCUT2D eigenvalue weighted by Gasteiger charge is 2.11. The Bertz CT molecular complexity index is 739. The van der Waals surface area contributed by atoms with Crippen molar-refractivity contribution < 1.29 is 14.8 Å². The molecule has 0 saturated carbocycles. The second kappa shape index (κ2) is 10.3. The van der Waals surface area contributed by atoms with E-state index >= 15 is 0 Å². The number of non-ortho nitro benzene ring substituents is 1. The lowest BCUT2D eigenvalue weighted by Crippen LogP contribution is -2.35. The Kier molecular flexibility index (Phi) is 8.12. The van der Waals surface area contributed by atoms with Gasteiger partial charge in [-0.25, -0.2) is 0 Å². The highest BCUT2D eigenvalue weighted by atomic mass is 35.5. The Morgan fingerprint density at radius 3 is 2.44 bits per heavy atom. The second-order valence-electron chi connectivity index (χ2n) is 6.00. The summed E-state index contributed by atoms with van der Waals surface area (Å²) in [4.78, 5) is 12.1. The first kappa shape index (κ1) is 21.2. The summed E-state index contributed by atoms with van der Waals surface area (Å²) in [5.41, 5.74) is 0.685. The number of benzene rings is 2. The molecule has 1 unspecified atom stereocenters. The lowest BCUT2D eigenvalue weighted by molar-refractivity contribution is -0.384. The van der Waals surface area contributed by atoms with Crippen molar-refractivity contribution in [1.82, 2.24) is 4.90 Å². The second-order valence-corrected chi connectivity index (χ2v) is 6.82. The molecule has 0 fully saturated rings. The van der Waals surface area contributed by atoms with Crippen LogP contribution in [0.2, 0.25) is 10.0 Å². The average molecular weight is 414 g/mol. The van der Waals surface area contributed by atoms with Crippen molar-refractivity contribution in [3.63, 3.8) is 0 Å². The molecule has 0 aliphatic heterocycles. The molecule has 27 heavy (non-hydrogen) atoms. The van der Waals surface area contributed by atoms with E-state index in [1.807, 2.05) is 11.9 Å². The molecule has 146 valence electrons. The number of nitro benzene ring substituents is 1. The van der Waals surface area contributed by atoms with Gasteiger partial charge in [-0.15, -0.1) is 0 Å². The van der Waals surface area contributed by atoms with E-state index in [0.717, 1.165) is 0 Å². The predicted molar refractivity (Wildman–Crippen MR) is 107 cm³/mol. The van der Waals surface area contributed by atoms with E-state index in [9.17, 15) is 15.2 Å². The number of para-hydroxylation sites is 1. The number of likely N-dealkylation sites (N-methyl/N-ethyl adjacent to an activating group) is 1. The molecule has 0 heterocycles. The highest BCUT2D eigenvalue weighted by molar-refractivity contribution is 6.39. The van der Waals surface area contributed by atoms with Crippen molar-refractivity contribution in [3.05, 3.63) is 62.6 Å². The molecule has 7 nitrogen and oxygen atoms in total. The third kappa shape index (κ3) is 6.88. The smallest absolute Gasteiger partial charge is 0.269 e. The number of hydrogen-bond acceptors (Lipinski definition) is 6. The Labute approximate surface area is 167 Å². The summed E-state index contributed by atoms with van der Waals surface area (Å²) < 4.78 is 5.46. The number of nitrogens with zero attached hydrogens (tertiary/aromatic N) is 2. The van der Waals surface area contributed by atoms with Crippen molar-refractivity contribution in [1.29, 1.82) is 0 Å². The molecule has 2 rings (SSSR count). The molecule has 0 saturated heterocycles. The van der Waals surface area contributed by atoms with Crippen LogP contribution in [0.25, 0.3) is 0 Å². The molecular formula is C18H21Cl2N3O4. The zero-order chi connectivity index (χ0) is 19.8. The Hall–Kier alpha value is -2.06. The van der Waals surface area contributed by atoms with Crippen LogP contribution in [0.5, 0.6) is 5.75 Å². The van der Waals surface area contributed by atoms with Crippen LogP contribution in [-0.4, -0.2) is 54.3 Å². The summed E-state index contributed by atoms with van der Waals surface area (Å²) in [5.74, 6) is 0.470. The fourth-order valence-electron chi connectivity index (χ4n) is 2.40. The zero-order valence-corrected chi connectivity index (χ0v) is 16.3. The van der Waals surface area contributed by atoms with Crippen LogP contribution in [0.1, 0.15) is 0 Å². The highest BCUT2D eigenvalue weighted by Crippen LogP contribution is 2.29. The van der Waals surface area contributed by atoms with E-state index < -0.39 is 11.0 Å². The van der Waals surface area contributed by atoms with Gasteiger partial charge < -0.3 is 20.1 Å². The van der Waals surface area contributed by atoms with Crippen molar-refractivity contribution in [2.75, 3.05) is 38.6 Å². The first-order chi connectivity index (χ1) is 12.9. The van der Waals surface area contributed by atoms with Crippen LogP contribution < -0.4 is 10.1 Å². The number of rotatable bonds is 10. The van der Waals surface area contributed by atoms with Gasteiger partial charge in [-0.05, 0) is 31.3 Å². The minimum Gasteiger partial charge on any atom is -0.491 e. The number of ether oxygens (including phenoxy) is 1. The van der Waals surface area contributed by atoms with E-state index in [-0.39, 0.29) is 12.3 Å². The van der Waals surface area contributed by atoms with E-state index in [0.29, 0.717) is 41.1 Å². The Morgan fingerprint density at radius 2 is 1.85 bits per heavy atom. The monoisotopic (exact) mass is 413 g/mol. The molecule has 0 amide bonds. The molecule has 0 spiro atoms. The Morgan fingerprint density at radius 1 is 1.22 bits per heavy atom. The summed E-state index contributed by atoms with van der Waals surface area (Å²) >= 11 is 12.2. The van der Waals surface area contributed by atoms with Gasteiger partial charge >= 0.3 is 0 Å². The number of aliphatic hydroxyl groups excluding tert-OH is 1. The zero-order valence-electron chi connectivity index (χ0n) is 14.8. The van der Waals surface area contributed by atoms with Crippen molar-refractivity contribution >= 4 is 34.6 Å². The number of nitro groups is 1. The van der Waals surface area contributed by atoms with E-state index in [4.69, 9.17) is 27.9 Å². The third-order valence-electron chi connectivity index (χ3n) is 3.77. The summed E-state index contributed by atoms with van der Waals surface area (Å²) in [6.07, 6.45) is -0.700. The van der Waals surface area contributed by atoms with Gasteiger partial charge in [0.25, 0.3) is 5.69 Å². The van der Waals surface area contributed by atoms with Crippen molar-refractivity contribution in [3.8, 4) is 5.75 Å². The molecule has 0 bridgehead atoms. The molecule has 2 N–H and O–H groups in total. The van der Waals surface area contributed by atoms with Crippen LogP contribution in [0.3, 0.4) is 0 Å². The maximum atomic E-state index is 10.6. The SMILES string of the molecule is CN(CCNc1c(Cl)cccc1Cl)CC(O)COc1ccc([N+](=O)[O-])cc1. The summed E-state index contributed by atoms with van der Waals surface area (Å²) in [6.45, 7) is 1.77. The summed E-state index contributed by atoms with van der Waals surface area (Å²) in [7, 11) is 1.88. The average Bonchev–Trinajstić information content (AvgIpc) is 2.62. The van der Waals surface area contributed by atoms with Gasteiger partial charge in [-0.3, -0.25) is 10.1 Å². The quantitative estimate of drug-likeness (QED) is 0.456. The van der Waals surface area contributed by atoms with Crippen LogP contribution >= 0.6 is 23.2 Å². The van der Waals surface area contributed by atoms with Crippen LogP contribution in [-0.2, 0) is 0 Å². The minimum absolute atomic E-state index is 0.00578. The van der Waals surface area contributed by atoms with Gasteiger partial charge in [0.05, 0.1) is 20.7 Å². The standard InChI is InChI=1S/C18H21Cl2N3O4/c1-22(10-9-21-18-16(19)3-2-4-17(18)20)11-14(24)12-27-15-7-5-13(6-8-15)23(25)26/h2-8,14,21,24H,9-12H2,1H3. The van der Waals surface area contributed by atoms with E-state index in [1.54, 1.807) is 18.2 Å². The maximum absolute atomic E-state index is 10.6. The first-order valence-corrected chi connectivity index (χ1v) is 9.04. The van der Waals surface area contributed by atoms with Crippen LogP contribution in [0.15, 0.2) is 42.5 Å². The molecule has 0 aliphatic rings. The fraction of sp³-hybridized carbons (Fsp3) is 0.333. The van der Waals surface area contributed by atoms with Gasteiger partial charge in [0.1, 0.15) is 18.5 Å². The van der Waals surface area contributed by atoms with Crippen LogP contribution in [0, 0.1) is 10.1 Å². The lowest BCUT2D eigenvalue weighted by Gasteiger charge is -2.21. The molecule has 1 atom stereocenters. The number of anilines is 1. The lowest BCUT2D eigenvalue weighted by atomic mass is 10.3. The predicted octanol–water partition coefficient (Wildman–Crippen LogP) is 3.69. The number of aliphatic hydroxyl groups is 1. The van der Waals surface area contributed by atoms with Crippen molar-refractivity contribution in [2.24, 2.45) is 0 Å². The molecule has 0 aliphatic carbocycles. The fourth-order valence-corrected chi connectivity index (χ4v) is 2.93. The molecule has 9 heteroatoms.